The molecule has 2 saturated heterocycles. The van der Waals surface area contributed by atoms with Crippen LogP contribution in [-0.4, -0.2) is 39.0 Å². The van der Waals surface area contributed by atoms with Gasteiger partial charge >= 0.3 is 0 Å². The fourth-order valence-corrected chi connectivity index (χ4v) is 2.72. The predicted octanol–water partition coefficient (Wildman–Crippen LogP) is 1.57. The van der Waals surface area contributed by atoms with Crippen LogP contribution >= 0.6 is 0 Å². The highest BCUT2D eigenvalue weighted by Crippen LogP contribution is 2.23. The van der Waals surface area contributed by atoms with E-state index in [2.05, 4.69) is 12.4 Å². The minimum absolute atomic E-state index is 0.531. The van der Waals surface area contributed by atoms with Gasteiger partial charge in [0, 0.05) is 19.3 Å². The van der Waals surface area contributed by atoms with E-state index in [0.717, 1.165) is 25.7 Å². The fraction of sp³-hybridized carbons (Fsp3) is 1.00. The van der Waals surface area contributed by atoms with E-state index in [-0.39, 0.29) is 0 Å². The molecule has 0 aromatic carbocycles. The van der Waals surface area contributed by atoms with Crippen molar-refractivity contribution in [3.8, 4) is 0 Å². The van der Waals surface area contributed by atoms with E-state index >= 15 is 0 Å². The first-order valence-electron chi connectivity index (χ1n) is 6.26. The van der Waals surface area contributed by atoms with E-state index in [1.807, 2.05) is 0 Å². The van der Waals surface area contributed by atoms with Crippen LogP contribution in [0.3, 0.4) is 0 Å². The maximum Gasteiger partial charge on any atom is 0.0576 e. The van der Waals surface area contributed by atoms with E-state index < -0.39 is 0 Å². The summed E-state index contributed by atoms with van der Waals surface area (Å²) in [6, 6.07) is 0.622. The topological polar surface area (TPSA) is 30.5 Å². The molecular weight excluding hydrogens is 190 g/mol. The van der Waals surface area contributed by atoms with Gasteiger partial charge < -0.3 is 14.8 Å². The number of rotatable bonds is 5. The lowest BCUT2D eigenvalue weighted by Gasteiger charge is -2.23. The first-order chi connectivity index (χ1) is 7.40. The molecular formula is C12H23NO2. The van der Waals surface area contributed by atoms with Crippen LogP contribution in [0, 0.1) is 5.92 Å². The van der Waals surface area contributed by atoms with Crippen molar-refractivity contribution in [2.75, 3.05) is 26.9 Å². The molecule has 1 N–H and O–H groups in total. The van der Waals surface area contributed by atoms with Crippen LogP contribution < -0.4 is 5.32 Å². The second-order valence-corrected chi connectivity index (χ2v) is 4.73. The molecule has 0 aromatic rings. The summed E-state index contributed by atoms with van der Waals surface area (Å²) in [7, 11) is 2.07. The van der Waals surface area contributed by atoms with Crippen LogP contribution in [0.4, 0.5) is 0 Å². The van der Waals surface area contributed by atoms with Crippen molar-refractivity contribution in [1.82, 2.24) is 5.32 Å². The second-order valence-electron chi connectivity index (χ2n) is 4.73. The van der Waals surface area contributed by atoms with Gasteiger partial charge in [0.05, 0.1) is 12.7 Å². The summed E-state index contributed by atoms with van der Waals surface area (Å²) < 4.78 is 11.1. The molecule has 2 aliphatic heterocycles. The molecule has 0 saturated carbocycles. The third-order valence-corrected chi connectivity index (χ3v) is 3.73. The van der Waals surface area contributed by atoms with Crippen molar-refractivity contribution in [2.45, 2.75) is 44.2 Å². The highest BCUT2D eigenvalue weighted by molar-refractivity contribution is 4.80. The van der Waals surface area contributed by atoms with Crippen molar-refractivity contribution in [3.05, 3.63) is 0 Å². The van der Waals surface area contributed by atoms with Crippen LogP contribution in [0.2, 0.25) is 0 Å². The van der Waals surface area contributed by atoms with E-state index in [1.165, 1.54) is 32.1 Å². The zero-order valence-electron chi connectivity index (χ0n) is 9.71. The summed E-state index contributed by atoms with van der Waals surface area (Å²) in [6.45, 7) is 2.86. The Hall–Kier alpha value is -0.120. The lowest BCUT2D eigenvalue weighted by atomic mass is 9.93. The number of hydrogen-bond donors (Lipinski definition) is 1. The highest BCUT2D eigenvalue weighted by atomic mass is 16.5. The Balaban J connectivity index is 1.69. The van der Waals surface area contributed by atoms with Crippen LogP contribution in [0.1, 0.15) is 32.1 Å². The van der Waals surface area contributed by atoms with Crippen molar-refractivity contribution in [1.29, 1.82) is 0 Å². The standard InChI is InChI=1S/C12H23NO2/c1-13-12(10-6-8-14-9-10)5-4-11-3-2-7-15-11/h10-13H,2-9H2,1H3. The molecule has 2 aliphatic rings. The first kappa shape index (κ1) is 11.4. The molecule has 2 fully saturated rings. The van der Waals surface area contributed by atoms with E-state index in [9.17, 15) is 0 Å². The van der Waals surface area contributed by atoms with Crippen LogP contribution in [-0.2, 0) is 9.47 Å². The van der Waals surface area contributed by atoms with Crippen molar-refractivity contribution in [3.63, 3.8) is 0 Å². The Morgan fingerprint density at radius 1 is 1.33 bits per heavy atom. The normalized spacial score (nSPS) is 33.4. The molecule has 2 heterocycles. The molecule has 2 rings (SSSR count). The lowest BCUT2D eigenvalue weighted by molar-refractivity contribution is 0.0964. The monoisotopic (exact) mass is 213 g/mol. The Morgan fingerprint density at radius 2 is 2.27 bits per heavy atom. The molecule has 3 atom stereocenters. The minimum Gasteiger partial charge on any atom is -0.381 e. The van der Waals surface area contributed by atoms with Crippen LogP contribution in [0.15, 0.2) is 0 Å². The summed E-state index contributed by atoms with van der Waals surface area (Å²) in [6.07, 6.45) is 6.70. The Morgan fingerprint density at radius 3 is 2.87 bits per heavy atom. The SMILES string of the molecule is CNC(CCC1CCCO1)C1CCOC1. The van der Waals surface area contributed by atoms with Crippen molar-refractivity contribution < 1.29 is 9.47 Å². The van der Waals surface area contributed by atoms with Gasteiger partial charge in [-0.25, -0.2) is 0 Å². The molecule has 0 spiro atoms. The Bertz CT molecular complexity index is 174. The summed E-state index contributed by atoms with van der Waals surface area (Å²) in [5.74, 6) is 0.719. The maximum absolute atomic E-state index is 5.65. The molecule has 15 heavy (non-hydrogen) atoms. The Kier molecular flexibility index (Phi) is 4.42. The zero-order chi connectivity index (χ0) is 10.5. The molecule has 3 heteroatoms. The van der Waals surface area contributed by atoms with E-state index in [4.69, 9.17) is 9.47 Å². The molecule has 0 bridgehead atoms. The molecule has 3 unspecified atom stereocenters. The molecule has 0 aromatic heterocycles. The van der Waals surface area contributed by atoms with Crippen molar-refractivity contribution >= 4 is 0 Å². The van der Waals surface area contributed by atoms with Gasteiger partial charge in [0.2, 0.25) is 0 Å². The van der Waals surface area contributed by atoms with Gasteiger partial charge in [-0.05, 0) is 45.1 Å². The molecule has 0 amide bonds. The van der Waals surface area contributed by atoms with E-state index in [1.54, 1.807) is 0 Å². The van der Waals surface area contributed by atoms with Crippen LogP contribution in [0.25, 0.3) is 0 Å². The summed E-state index contributed by atoms with van der Waals surface area (Å²) >= 11 is 0. The minimum atomic E-state index is 0.531. The van der Waals surface area contributed by atoms with Gasteiger partial charge in [0.15, 0.2) is 0 Å². The lowest BCUT2D eigenvalue weighted by Crippen LogP contribution is -2.34. The Labute approximate surface area is 92.5 Å². The number of ether oxygens (including phenoxy) is 2. The van der Waals surface area contributed by atoms with Gasteiger partial charge in [-0.2, -0.15) is 0 Å². The van der Waals surface area contributed by atoms with Crippen LogP contribution in [0.5, 0.6) is 0 Å². The zero-order valence-corrected chi connectivity index (χ0v) is 9.71. The molecule has 88 valence electrons. The number of hydrogen-bond acceptors (Lipinski definition) is 3. The van der Waals surface area contributed by atoms with Gasteiger partial charge in [0.25, 0.3) is 0 Å². The highest BCUT2D eigenvalue weighted by Gasteiger charge is 2.25. The first-order valence-corrected chi connectivity index (χ1v) is 6.26. The molecule has 0 radical (unpaired) electrons. The third-order valence-electron chi connectivity index (χ3n) is 3.73. The van der Waals surface area contributed by atoms with Gasteiger partial charge in [0.1, 0.15) is 0 Å². The molecule has 0 aliphatic carbocycles. The van der Waals surface area contributed by atoms with E-state index in [0.29, 0.717) is 12.1 Å². The van der Waals surface area contributed by atoms with Gasteiger partial charge in [-0.1, -0.05) is 0 Å². The smallest absolute Gasteiger partial charge is 0.0576 e. The second kappa shape index (κ2) is 5.83. The van der Waals surface area contributed by atoms with Crippen molar-refractivity contribution in [2.24, 2.45) is 5.92 Å². The maximum atomic E-state index is 5.65. The van der Waals surface area contributed by atoms with Gasteiger partial charge in [-0.15, -0.1) is 0 Å². The summed E-state index contributed by atoms with van der Waals surface area (Å²) in [4.78, 5) is 0. The molecule has 3 nitrogen and oxygen atoms in total. The predicted molar refractivity (Wildman–Crippen MR) is 60.0 cm³/mol. The summed E-state index contributed by atoms with van der Waals surface area (Å²) in [5.41, 5.74) is 0. The largest absolute Gasteiger partial charge is 0.381 e. The average Bonchev–Trinajstić information content (AvgIpc) is 2.90. The summed E-state index contributed by atoms with van der Waals surface area (Å²) in [5, 5.41) is 3.43. The number of nitrogens with one attached hydrogen (secondary N) is 1. The van der Waals surface area contributed by atoms with Gasteiger partial charge in [-0.3, -0.25) is 0 Å². The quantitative estimate of drug-likeness (QED) is 0.752. The fourth-order valence-electron chi connectivity index (χ4n) is 2.72. The third kappa shape index (κ3) is 3.16. The average molecular weight is 213 g/mol.